The van der Waals surface area contributed by atoms with Crippen molar-refractivity contribution in [2.75, 3.05) is 40.9 Å². The standard InChI is InChI=1S/C73H145N2O6P/c1-6-8-10-12-14-16-18-20-22-24-26-28-30-32-33-34-35-36-37-38-39-40-41-43-45-47-49-51-53-55-57-59-61-63-65-67-73(77)74-71(70-81-82(78,79)80-69-68-75(3,4)5)72(76)66-64-62-60-58-56-54-52-50-48-46-44-42-31-29-27-25-23-21-19-17-15-13-11-9-7-2/h34-35,64,66,71-72,76H,6-33,36-63,65,67-70H2,1-5H3,(H-,74,77,78,79)/p+1/b35-34-,66-64+. The van der Waals surface area contributed by atoms with Crippen molar-refractivity contribution < 1.29 is 32.9 Å². The first-order chi connectivity index (χ1) is 40.0. The van der Waals surface area contributed by atoms with Gasteiger partial charge in [-0.25, -0.2) is 4.57 Å². The van der Waals surface area contributed by atoms with Crippen LogP contribution < -0.4 is 5.32 Å². The monoisotopic (exact) mass is 1180 g/mol. The zero-order valence-corrected chi connectivity index (χ0v) is 56.9. The van der Waals surface area contributed by atoms with E-state index >= 15 is 0 Å². The summed E-state index contributed by atoms with van der Waals surface area (Å²) in [6, 6.07) is -0.846. The van der Waals surface area contributed by atoms with Gasteiger partial charge in [0.05, 0.1) is 39.9 Å². The van der Waals surface area contributed by atoms with Crippen molar-refractivity contribution in [2.24, 2.45) is 0 Å². The summed E-state index contributed by atoms with van der Waals surface area (Å²) in [5.74, 6) is -0.168. The lowest BCUT2D eigenvalue weighted by Gasteiger charge is -2.25. The van der Waals surface area contributed by atoms with Crippen LogP contribution in [0.3, 0.4) is 0 Å². The Hall–Kier alpha value is -1.02. The lowest BCUT2D eigenvalue weighted by molar-refractivity contribution is -0.870. The first kappa shape index (κ1) is 81.0. The maximum atomic E-state index is 13.1. The van der Waals surface area contributed by atoms with Crippen molar-refractivity contribution in [1.82, 2.24) is 5.32 Å². The van der Waals surface area contributed by atoms with E-state index in [9.17, 15) is 19.4 Å². The molecule has 488 valence electrons. The number of rotatable bonds is 69. The number of hydrogen-bond acceptors (Lipinski definition) is 5. The third-order valence-electron chi connectivity index (χ3n) is 17.2. The zero-order valence-electron chi connectivity index (χ0n) is 56.0. The van der Waals surface area contributed by atoms with Gasteiger partial charge >= 0.3 is 7.82 Å². The molecule has 82 heavy (non-hydrogen) atoms. The molecule has 3 atom stereocenters. The molecule has 0 aromatic heterocycles. The number of hydrogen-bond donors (Lipinski definition) is 3. The number of aliphatic hydroxyl groups excluding tert-OH is 1. The van der Waals surface area contributed by atoms with Gasteiger partial charge in [0.2, 0.25) is 5.91 Å². The van der Waals surface area contributed by atoms with Crippen LogP contribution in [0.4, 0.5) is 0 Å². The molecule has 8 nitrogen and oxygen atoms in total. The molecule has 0 radical (unpaired) electrons. The van der Waals surface area contributed by atoms with E-state index in [1.807, 2.05) is 27.2 Å². The minimum Gasteiger partial charge on any atom is -0.387 e. The van der Waals surface area contributed by atoms with Crippen LogP contribution in [0.15, 0.2) is 24.3 Å². The lowest BCUT2D eigenvalue weighted by atomic mass is 10.0. The SMILES string of the molecule is CCCCCCCCCCCCCCCC/C=C\CCCCCCCCCCCCCCCCCCCC(=O)NC(COP(=O)(O)OCC[N+](C)(C)C)C(O)/C=C/CCCCCCCCCCCCCCCCCCCCCCCCC. The molecule has 0 saturated heterocycles. The molecule has 9 heteroatoms. The number of carbonyl (C=O) groups is 1. The van der Waals surface area contributed by atoms with Crippen LogP contribution in [0.1, 0.15) is 386 Å². The van der Waals surface area contributed by atoms with E-state index < -0.39 is 20.0 Å². The fraction of sp³-hybridized carbons (Fsp3) is 0.932. The Morgan fingerprint density at radius 3 is 0.939 bits per heavy atom. The van der Waals surface area contributed by atoms with E-state index in [1.54, 1.807) is 6.08 Å². The molecule has 0 bridgehead atoms. The van der Waals surface area contributed by atoms with Crippen LogP contribution in [0.25, 0.3) is 0 Å². The van der Waals surface area contributed by atoms with Crippen LogP contribution in [-0.4, -0.2) is 73.4 Å². The van der Waals surface area contributed by atoms with Crippen molar-refractivity contribution >= 4 is 13.7 Å². The number of quaternary nitrogens is 1. The van der Waals surface area contributed by atoms with Crippen molar-refractivity contribution in [3.63, 3.8) is 0 Å². The summed E-state index contributed by atoms with van der Waals surface area (Å²) < 4.78 is 23.8. The van der Waals surface area contributed by atoms with Gasteiger partial charge in [0.15, 0.2) is 0 Å². The largest absolute Gasteiger partial charge is 0.472 e. The second-order valence-corrected chi connectivity index (χ2v) is 28.1. The predicted molar refractivity (Wildman–Crippen MR) is 360 cm³/mol. The van der Waals surface area contributed by atoms with Gasteiger partial charge in [0.25, 0.3) is 0 Å². The smallest absolute Gasteiger partial charge is 0.387 e. The molecule has 0 spiro atoms. The quantitative estimate of drug-likeness (QED) is 0.0243. The van der Waals surface area contributed by atoms with Gasteiger partial charge in [-0.1, -0.05) is 359 Å². The number of unbranched alkanes of at least 4 members (excludes halogenated alkanes) is 54. The van der Waals surface area contributed by atoms with E-state index in [0.29, 0.717) is 17.4 Å². The second kappa shape index (κ2) is 64.5. The van der Waals surface area contributed by atoms with Crippen molar-refractivity contribution in [3.05, 3.63) is 24.3 Å². The van der Waals surface area contributed by atoms with Crippen LogP contribution in [0.2, 0.25) is 0 Å². The second-order valence-electron chi connectivity index (χ2n) is 26.7. The number of amides is 1. The fourth-order valence-electron chi connectivity index (χ4n) is 11.5. The number of phosphoric ester groups is 1. The molecule has 0 fully saturated rings. The number of nitrogens with zero attached hydrogens (tertiary/aromatic N) is 1. The van der Waals surface area contributed by atoms with Crippen LogP contribution in [-0.2, 0) is 18.4 Å². The van der Waals surface area contributed by atoms with E-state index in [-0.39, 0.29) is 19.1 Å². The summed E-state index contributed by atoms with van der Waals surface area (Å²) in [4.78, 5) is 23.4. The minimum atomic E-state index is -4.35. The number of allylic oxidation sites excluding steroid dienone is 3. The topological polar surface area (TPSA) is 105 Å². The molecule has 0 aromatic rings. The summed E-state index contributed by atoms with van der Waals surface area (Å²) in [6.45, 7) is 4.89. The summed E-state index contributed by atoms with van der Waals surface area (Å²) in [5, 5.41) is 14.0. The molecule has 3 N–H and O–H groups in total. The summed E-state index contributed by atoms with van der Waals surface area (Å²) in [6.07, 6.45) is 84.9. The van der Waals surface area contributed by atoms with Crippen molar-refractivity contribution in [2.45, 2.75) is 398 Å². The highest BCUT2D eigenvalue weighted by Crippen LogP contribution is 2.43. The van der Waals surface area contributed by atoms with Crippen molar-refractivity contribution in [3.8, 4) is 0 Å². The zero-order chi connectivity index (χ0) is 59.8. The maximum absolute atomic E-state index is 13.1. The Balaban J connectivity index is 3.98. The highest BCUT2D eigenvalue weighted by Gasteiger charge is 2.28. The molecular formula is C73H146N2O6P+. The summed E-state index contributed by atoms with van der Waals surface area (Å²) >= 11 is 0. The Kier molecular flexibility index (Phi) is 63.7. The van der Waals surface area contributed by atoms with E-state index in [2.05, 4.69) is 31.3 Å². The van der Waals surface area contributed by atoms with E-state index in [1.165, 1.54) is 334 Å². The van der Waals surface area contributed by atoms with Gasteiger partial charge in [-0.2, -0.15) is 0 Å². The number of phosphoric acid groups is 1. The van der Waals surface area contributed by atoms with Crippen molar-refractivity contribution in [1.29, 1.82) is 0 Å². The number of likely N-dealkylation sites (N-methyl/N-ethyl adjacent to an activating group) is 1. The summed E-state index contributed by atoms with van der Waals surface area (Å²) in [7, 11) is 1.59. The Bertz CT molecular complexity index is 1390. The molecule has 1 amide bonds. The first-order valence-electron chi connectivity index (χ1n) is 36.7. The predicted octanol–water partition coefficient (Wildman–Crippen LogP) is 23.4. The highest BCUT2D eigenvalue weighted by molar-refractivity contribution is 7.47. The van der Waals surface area contributed by atoms with Crippen LogP contribution in [0, 0.1) is 0 Å². The molecule has 0 aliphatic rings. The normalized spacial score (nSPS) is 13.7. The molecule has 3 unspecified atom stereocenters. The van der Waals surface area contributed by atoms with Gasteiger partial charge in [-0.15, -0.1) is 0 Å². The molecule has 0 rings (SSSR count). The maximum Gasteiger partial charge on any atom is 0.472 e. The average molecular weight is 1180 g/mol. The van der Waals surface area contributed by atoms with Gasteiger partial charge in [0.1, 0.15) is 13.2 Å². The average Bonchev–Trinajstić information content (AvgIpc) is 3.45. The highest BCUT2D eigenvalue weighted by atomic mass is 31.2. The first-order valence-corrected chi connectivity index (χ1v) is 38.2. The molecule has 0 aromatic carbocycles. The number of aliphatic hydroxyl groups is 1. The fourth-order valence-corrected chi connectivity index (χ4v) is 12.2. The molecule has 0 saturated carbocycles. The van der Waals surface area contributed by atoms with E-state index in [4.69, 9.17) is 9.05 Å². The van der Waals surface area contributed by atoms with Gasteiger partial charge in [-0.3, -0.25) is 13.8 Å². The summed E-state index contributed by atoms with van der Waals surface area (Å²) in [5.41, 5.74) is 0. The Morgan fingerprint density at radius 2 is 0.659 bits per heavy atom. The van der Waals surface area contributed by atoms with Gasteiger partial charge in [-0.05, 0) is 44.9 Å². The van der Waals surface area contributed by atoms with Gasteiger partial charge in [0, 0.05) is 6.42 Å². The molecular weight excluding hydrogens is 1030 g/mol. The third-order valence-corrected chi connectivity index (χ3v) is 18.1. The number of nitrogens with one attached hydrogen (secondary N) is 1. The molecule has 0 heterocycles. The van der Waals surface area contributed by atoms with E-state index in [0.717, 1.165) is 32.1 Å². The van der Waals surface area contributed by atoms with Gasteiger partial charge < -0.3 is 19.8 Å². The molecule has 0 aliphatic carbocycles. The molecule has 0 aliphatic heterocycles. The van der Waals surface area contributed by atoms with Crippen LogP contribution >= 0.6 is 7.82 Å². The third kappa shape index (κ3) is 66.5. The number of carbonyl (C=O) groups excluding carboxylic acids is 1. The Morgan fingerprint density at radius 1 is 0.402 bits per heavy atom. The lowest BCUT2D eigenvalue weighted by Crippen LogP contribution is -2.45. The minimum absolute atomic E-state index is 0.0643. The van der Waals surface area contributed by atoms with Crippen LogP contribution in [0.5, 0.6) is 0 Å². The Labute approximate surface area is 513 Å².